The van der Waals surface area contributed by atoms with Gasteiger partial charge in [-0.05, 0) is 19.9 Å². The van der Waals surface area contributed by atoms with E-state index in [0.717, 1.165) is 11.8 Å². The molecule has 0 bridgehead atoms. The van der Waals surface area contributed by atoms with Crippen molar-refractivity contribution in [2.75, 3.05) is 0 Å². The summed E-state index contributed by atoms with van der Waals surface area (Å²) in [7, 11) is 0. The number of hydrogen-bond acceptors (Lipinski definition) is 7. The molecule has 9 nitrogen and oxygen atoms in total. The van der Waals surface area contributed by atoms with Gasteiger partial charge in [-0.2, -0.15) is 4.90 Å². The van der Waals surface area contributed by atoms with Crippen molar-refractivity contribution >= 4 is 23.8 Å². The Hall–Kier alpha value is -2.26. The SMILES string of the molecule is CC(=O)O[C@@H]1[C@H]2OC(C)(C)O[C@H]2C=C2C(=O)N(C(C)=O)C(=O)N21. The van der Waals surface area contributed by atoms with E-state index in [2.05, 4.69) is 0 Å². The number of hydrogen-bond donors (Lipinski definition) is 0. The fourth-order valence-corrected chi connectivity index (χ4v) is 2.95. The van der Waals surface area contributed by atoms with Crippen LogP contribution in [-0.2, 0) is 28.6 Å². The van der Waals surface area contributed by atoms with Gasteiger partial charge in [-0.25, -0.2) is 9.69 Å². The fraction of sp³-hybridized carbons (Fsp3) is 0.571. The predicted molar refractivity (Wildman–Crippen MR) is 72.2 cm³/mol. The maximum atomic E-state index is 12.4. The molecule has 0 aromatic heterocycles. The van der Waals surface area contributed by atoms with E-state index in [0.29, 0.717) is 4.90 Å². The Morgan fingerprint density at radius 1 is 1.22 bits per heavy atom. The highest BCUT2D eigenvalue weighted by Crippen LogP contribution is 2.40. The Balaban J connectivity index is 2.06. The molecule has 0 spiro atoms. The third-order valence-corrected chi connectivity index (χ3v) is 3.70. The molecule has 2 saturated heterocycles. The van der Waals surface area contributed by atoms with Crippen LogP contribution in [-0.4, -0.2) is 57.8 Å². The van der Waals surface area contributed by atoms with Gasteiger partial charge in [0, 0.05) is 13.8 Å². The lowest BCUT2D eigenvalue weighted by Crippen LogP contribution is -2.53. The van der Waals surface area contributed by atoms with E-state index in [9.17, 15) is 19.2 Å². The summed E-state index contributed by atoms with van der Waals surface area (Å²) >= 11 is 0. The van der Waals surface area contributed by atoms with Crippen LogP contribution in [0.4, 0.5) is 4.79 Å². The lowest BCUT2D eigenvalue weighted by molar-refractivity contribution is -0.181. The first kappa shape index (κ1) is 15.6. The van der Waals surface area contributed by atoms with Gasteiger partial charge in [0.15, 0.2) is 5.79 Å². The van der Waals surface area contributed by atoms with E-state index < -0.39 is 48.0 Å². The van der Waals surface area contributed by atoms with Crippen LogP contribution in [0.2, 0.25) is 0 Å². The standard InChI is InChI=1S/C14H16N2O7/c1-6(17)15-11(19)8-5-9-10(23-14(3,4)22-9)12(21-7(2)18)16(8)13(15)20/h5,9-10,12H,1-4H3/t9-,10-,12+/m0/s1. The van der Waals surface area contributed by atoms with Crippen molar-refractivity contribution in [1.29, 1.82) is 0 Å². The van der Waals surface area contributed by atoms with Gasteiger partial charge >= 0.3 is 12.0 Å². The minimum Gasteiger partial charge on any atom is -0.438 e. The molecule has 0 radical (unpaired) electrons. The van der Waals surface area contributed by atoms with Crippen molar-refractivity contribution in [1.82, 2.24) is 9.80 Å². The molecule has 0 aromatic rings. The van der Waals surface area contributed by atoms with Gasteiger partial charge < -0.3 is 14.2 Å². The summed E-state index contributed by atoms with van der Waals surface area (Å²) in [6.45, 7) is 5.63. The van der Waals surface area contributed by atoms with Gasteiger partial charge in [-0.1, -0.05) is 0 Å². The highest BCUT2D eigenvalue weighted by atomic mass is 16.8. The zero-order valence-electron chi connectivity index (χ0n) is 13.1. The molecule has 0 N–H and O–H groups in total. The lowest BCUT2D eigenvalue weighted by Gasteiger charge is -2.35. The topological polar surface area (TPSA) is 102 Å². The number of imide groups is 3. The molecular weight excluding hydrogens is 308 g/mol. The second kappa shape index (κ2) is 4.87. The van der Waals surface area contributed by atoms with Crippen molar-refractivity contribution in [3.8, 4) is 0 Å². The third kappa shape index (κ3) is 2.32. The van der Waals surface area contributed by atoms with E-state index >= 15 is 0 Å². The Labute approximate surface area is 131 Å². The Bertz CT molecular complexity index is 654. The summed E-state index contributed by atoms with van der Waals surface area (Å²) in [6.07, 6.45) is -1.23. The van der Waals surface area contributed by atoms with Crippen LogP contribution in [0.5, 0.6) is 0 Å². The van der Waals surface area contributed by atoms with Crippen molar-refractivity contribution < 1.29 is 33.4 Å². The minimum atomic E-state index is -1.18. The van der Waals surface area contributed by atoms with Crippen LogP contribution < -0.4 is 0 Å². The number of carbonyl (C=O) groups is 4. The Kier molecular flexibility index (Phi) is 3.31. The summed E-state index contributed by atoms with van der Waals surface area (Å²) in [5, 5.41) is 0. The number of nitrogens with zero attached hydrogens (tertiary/aromatic N) is 2. The fourth-order valence-electron chi connectivity index (χ4n) is 2.95. The zero-order valence-corrected chi connectivity index (χ0v) is 13.1. The van der Waals surface area contributed by atoms with Crippen molar-refractivity contribution in [3.05, 3.63) is 11.8 Å². The molecule has 9 heteroatoms. The molecule has 3 atom stereocenters. The molecular formula is C14H16N2O7. The van der Waals surface area contributed by atoms with Crippen LogP contribution in [0.1, 0.15) is 27.7 Å². The number of ether oxygens (including phenoxy) is 3. The Morgan fingerprint density at radius 3 is 2.43 bits per heavy atom. The van der Waals surface area contributed by atoms with E-state index in [-0.39, 0.29) is 5.70 Å². The normalized spacial score (nSPS) is 31.7. The molecule has 3 aliphatic heterocycles. The minimum absolute atomic E-state index is 0.0565. The Morgan fingerprint density at radius 2 is 1.87 bits per heavy atom. The maximum Gasteiger partial charge on any atom is 0.341 e. The smallest absolute Gasteiger partial charge is 0.341 e. The second-order valence-electron chi connectivity index (χ2n) is 5.93. The molecule has 124 valence electrons. The van der Waals surface area contributed by atoms with Gasteiger partial charge in [0.2, 0.25) is 12.1 Å². The summed E-state index contributed by atoms with van der Waals surface area (Å²) in [5.74, 6) is -3.10. The summed E-state index contributed by atoms with van der Waals surface area (Å²) in [6, 6.07) is -0.869. The average molecular weight is 324 g/mol. The number of carbonyl (C=O) groups excluding carboxylic acids is 4. The monoisotopic (exact) mass is 324 g/mol. The number of rotatable bonds is 1. The molecule has 0 unspecified atom stereocenters. The van der Waals surface area contributed by atoms with Gasteiger partial charge in [-0.15, -0.1) is 0 Å². The average Bonchev–Trinajstić information content (AvgIpc) is 2.83. The molecule has 2 fully saturated rings. The summed E-state index contributed by atoms with van der Waals surface area (Å²) < 4.78 is 16.6. The van der Waals surface area contributed by atoms with E-state index in [4.69, 9.17) is 14.2 Å². The van der Waals surface area contributed by atoms with Crippen LogP contribution in [0.3, 0.4) is 0 Å². The second-order valence-corrected chi connectivity index (χ2v) is 5.93. The quantitative estimate of drug-likeness (QED) is 0.498. The van der Waals surface area contributed by atoms with Crippen molar-refractivity contribution in [3.63, 3.8) is 0 Å². The molecule has 3 heterocycles. The van der Waals surface area contributed by atoms with Gasteiger partial charge in [0.1, 0.15) is 17.9 Å². The largest absolute Gasteiger partial charge is 0.438 e. The highest BCUT2D eigenvalue weighted by Gasteiger charge is 2.58. The molecule has 3 aliphatic rings. The number of esters is 1. The van der Waals surface area contributed by atoms with Crippen LogP contribution in [0, 0.1) is 0 Å². The van der Waals surface area contributed by atoms with Gasteiger partial charge in [0.05, 0.1) is 0 Å². The third-order valence-electron chi connectivity index (χ3n) is 3.70. The van der Waals surface area contributed by atoms with Crippen molar-refractivity contribution in [2.24, 2.45) is 0 Å². The van der Waals surface area contributed by atoms with Crippen LogP contribution >= 0.6 is 0 Å². The summed E-state index contributed by atoms with van der Waals surface area (Å²) in [5.41, 5.74) is -0.0565. The zero-order chi connectivity index (χ0) is 17.1. The number of amides is 4. The molecule has 3 rings (SSSR count). The summed E-state index contributed by atoms with van der Waals surface area (Å²) in [4.78, 5) is 49.2. The van der Waals surface area contributed by atoms with E-state index in [1.807, 2.05) is 0 Å². The van der Waals surface area contributed by atoms with E-state index in [1.54, 1.807) is 13.8 Å². The van der Waals surface area contributed by atoms with Gasteiger partial charge in [0.25, 0.3) is 5.91 Å². The number of fused-ring (bicyclic) bond motifs is 2. The molecule has 4 amide bonds. The molecule has 0 aliphatic carbocycles. The molecule has 23 heavy (non-hydrogen) atoms. The molecule has 0 aromatic carbocycles. The first-order valence-corrected chi connectivity index (χ1v) is 7.05. The van der Waals surface area contributed by atoms with Crippen LogP contribution in [0.15, 0.2) is 11.8 Å². The lowest BCUT2D eigenvalue weighted by atomic mass is 10.1. The van der Waals surface area contributed by atoms with Gasteiger partial charge in [-0.3, -0.25) is 14.4 Å². The first-order chi connectivity index (χ1) is 10.6. The predicted octanol–water partition coefficient (Wildman–Crippen LogP) is 0.104. The maximum absolute atomic E-state index is 12.4. The first-order valence-electron chi connectivity index (χ1n) is 7.05. The van der Waals surface area contributed by atoms with Crippen LogP contribution in [0.25, 0.3) is 0 Å². The van der Waals surface area contributed by atoms with Crippen molar-refractivity contribution in [2.45, 2.75) is 51.9 Å². The van der Waals surface area contributed by atoms with E-state index in [1.165, 1.54) is 13.0 Å². The highest BCUT2D eigenvalue weighted by molar-refractivity contribution is 6.21. The molecule has 0 saturated carbocycles. The number of urea groups is 1.